The molecule has 1 aromatic carbocycles. The van der Waals surface area contributed by atoms with Crippen molar-refractivity contribution in [2.45, 2.75) is 32.3 Å². The van der Waals surface area contributed by atoms with E-state index in [-0.39, 0.29) is 18.1 Å². The number of aromatic nitrogens is 2. The van der Waals surface area contributed by atoms with Crippen LogP contribution in [0.2, 0.25) is 0 Å². The lowest BCUT2D eigenvalue weighted by molar-refractivity contribution is -0.135. The van der Waals surface area contributed by atoms with Gasteiger partial charge in [0, 0.05) is 12.0 Å². The van der Waals surface area contributed by atoms with Gasteiger partial charge >= 0.3 is 0 Å². The van der Waals surface area contributed by atoms with E-state index in [1.165, 1.54) is 23.5 Å². The molecule has 3 rings (SSSR count). The van der Waals surface area contributed by atoms with E-state index in [9.17, 15) is 9.18 Å². The van der Waals surface area contributed by atoms with Crippen LogP contribution in [-0.2, 0) is 16.1 Å². The van der Waals surface area contributed by atoms with E-state index in [1.807, 2.05) is 6.92 Å². The molecule has 0 bridgehead atoms. The van der Waals surface area contributed by atoms with Crippen LogP contribution < -0.4 is 5.32 Å². The molecule has 1 unspecified atom stereocenters. The number of hydrogen-bond donors (Lipinski definition) is 1. The number of aryl methyl sites for hydroxylation is 1. The molecule has 0 saturated heterocycles. The molecule has 0 fully saturated rings. The number of hydrogen-bond acceptors (Lipinski definition) is 6. The van der Waals surface area contributed by atoms with Gasteiger partial charge in [-0.1, -0.05) is 35.5 Å². The lowest BCUT2D eigenvalue weighted by Crippen LogP contribution is -2.40. The van der Waals surface area contributed by atoms with Crippen molar-refractivity contribution >= 4 is 28.1 Å². The summed E-state index contributed by atoms with van der Waals surface area (Å²) in [6.07, 6.45) is 1.01. The molecule has 120 valence electrons. The maximum Gasteiger partial charge on any atom is 0.273 e. The first-order valence-corrected chi connectivity index (χ1v) is 7.96. The van der Waals surface area contributed by atoms with Crippen LogP contribution in [0.15, 0.2) is 29.4 Å². The fourth-order valence-electron chi connectivity index (χ4n) is 2.16. The Balaban J connectivity index is 1.70. The molecule has 0 radical (unpaired) electrons. The number of anilines is 1. The molecular formula is C15H15FN4O2S. The van der Waals surface area contributed by atoms with Gasteiger partial charge in [0.2, 0.25) is 10.7 Å². The zero-order valence-electron chi connectivity index (χ0n) is 12.7. The SMILES string of the molecule is CCc1nnc(NC(=O)C2(C)CC(c3cccc(F)c3)=NO2)s1. The normalized spacial score (nSPS) is 20.0. The first-order chi connectivity index (χ1) is 11.0. The van der Waals surface area contributed by atoms with Gasteiger partial charge in [0.25, 0.3) is 5.91 Å². The van der Waals surface area contributed by atoms with Crippen molar-refractivity contribution in [3.63, 3.8) is 0 Å². The summed E-state index contributed by atoms with van der Waals surface area (Å²) in [6, 6.07) is 6.04. The Morgan fingerprint density at radius 3 is 3.00 bits per heavy atom. The van der Waals surface area contributed by atoms with E-state index in [2.05, 4.69) is 20.7 Å². The third-order valence-electron chi connectivity index (χ3n) is 3.49. The Morgan fingerprint density at radius 2 is 2.30 bits per heavy atom. The maximum absolute atomic E-state index is 13.3. The van der Waals surface area contributed by atoms with Gasteiger partial charge in [-0.25, -0.2) is 4.39 Å². The molecule has 0 spiro atoms. The zero-order chi connectivity index (χ0) is 16.4. The van der Waals surface area contributed by atoms with Gasteiger partial charge in [-0.3, -0.25) is 10.1 Å². The summed E-state index contributed by atoms with van der Waals surface area (Å²) < 4.78 is 13.3. The Bertz CT molecular complexity index is 776. The van der Waals surface area contributed by atoms with Crippen LogP contribution in [0.4, 0.5) is 9.52 Å². The van der Waals surface area contributed by atoms with E-state index >= 15 is 0 Å². The highest BCUT2D eigenvalue weighted by Gasteiger charge is 2.42. The van der Waals surface area contributed by atoms with Gasteiger partial charge in [0.05, 0.1) is 5.71 Å². The molecule has 2 aromatic rings. The molecule has 1 aromatic heterocycles. The number of carbonyl (C=O) groups is 1. The molecule has 23 heavy (non-hydrogen) atoms. The molecule has 1 aliphatic heterocycles. The van der Waals surface area contributed by atoms with Crippen molar-refractivity contribution in [3.8, 4) is 0 Å². The average molecular weight is 334 g/mol. The number of amides is 1. The molecule has 6 nitrogen and oxygen atoms in total. The fraction of sp³-hybridized carbons (Fsp3) is 0.333. The number of rotatable bonds is 4. The number of halogens is 1. The third kappa shape index (κ3) is 3.21. The van der Waals surface area contributed by atoms with Crippen LogP contribution in [0.1, 0.15) is 30.8 Å². The molecule has 2 heterocycles. The number of nitrogens with zero attached hydrogens (tertiary/aromatic N) is 3. The standard InChI is InChI=1S/C15H15FN4O2S/c1-3-12-18-19-14(23-12)17-13(21)15(2)8-11(20-22-15)9-5-4-6-10(16)7-9/h4-7H,3,8H2,1-2H3,(H,17,19,21). The van der Waals surface area contributed by atoms with Crippen molar-refractivity contribution < 1.29 is 14.0 Å². The van der Waals surface area contributed by atoms with Gasteiger partial charge in [-0.2, -0.15) is 0 Å². The van der Waals surface area contributed by atoms with Gasteiger partial charge in [-0.15, -0.1) is 10.2 Å². The maximum atomic E-state index is 13.3. The van der Waals surface area contributed by atoms with Crippen LogP contribution in [0.25, 0.3) is 0 Å². The monoisotopic (exact) mass is 334 g/mol. The first kappa shape index (κ1) is 15.5. The highest BCUT2D eigenvalue weighted by atomic mass is 32.1. The largest absolute Gasteiger partial charge is 0.379 e. The van der Waals surface area contributed by atoms with Crippen LogP contribution in [0.3, 0.4) is 0 Å². The van der Waals surface area contributed by atoms with Gasteiger partial charge < -0.3 is 4.84 Å². The Labute approximate surface area is 136 Å². The Hall–Kier alpha value is -2.35. The molecule has 0 aliphatic carbocycles. The summed E-state index contributed by atoms with van der Waals surface area (Å²) in [5.74, 6) is -0.712. The molecule has 1 amide bonds. The average Bonchev–Trinajstić information content (AvgIpc) is 3.15. The lowest BCUT2D eigenvalue weighted by atomic mass is 9.95. The first-order valence-electron chi connectivity index (χ1n) is 7.15. The second-order valence-electron chi connectivity index (χ2n) is 5.36. The van der Waals surface area contributed by atoms with Crippen molar-refractivity contribution in [1.82, 2.24) is 10.2 Å². The molecule has 0 saturated carbocycles. The van der Waals surface area contributed by atoms with E-state index in [4.69, 9.17) is 4.84 Å². The summed E-state index contributed by atoms with van der Waals surface area (Å²) in [4.78, 5) is 17.8. The van der Waals surface area contributed by atoms with Gasteiger partial charge in [0.15, 0.2) is 0 Å². The van der Waals surface area contributed by atoms with Crippen molar-refractivity contribution in [1.29, 1.82) is 0 Å². The van der Waals surface area contributed by atoms with Crippen molar-refractivity contribution in [2.24, 2.45) is 5.16 Å². The van der Waals surface area contributed by atoms with Crippen molar-refractivity contribution in [2.75, 3.05) is 5.32 Å². The highest BCUT2D eigenvalue weighted by Crippen LogP contribution is 2.28. The van der Waals surface area contributed by atoms with E-state index in [1.54, 1.807) is 19.1 Å². The minimum Gasteiger partial charge on any atom is -0.379 e. The minimum absolute atomic E-state index is 0.252. The van der Waals surface area contributed by atoms with Crippen molar-refractivity contribution in [3.05, 3.63) is 40.7 Å². The smallest absolute Gasteiger partial charge is 0.273 e. The molecule has 8 heteroatoms. The zero-order valence-corrected chi connectivity index (χ0v) is 13.5. The second kappa shape index (κ2) is 6.04. The molecular weight excluding hydrogens is 319 g/mol. The molecule has 1 atom stereocenters. The topological polar surface area (TPSA) is 76.5 Å². The summed E-state index contributed by atoms with van der Waals surface area (Å²) in [6.45, 7) is 3.60. The summed E-state index contributed by atoms with van der Waals surface area (Å²) in [5.41, 5.74) is -0.0148. The predicted molar refractivity (Wildman–Crippen MR) is 85.0 cm³/mol. The lowest BCUT2D eigenvalue weighted by Gasteiger charge is -2.19. The number of nitrogens with one attached hydrogen (secondary N) is 1. The summed E-state index contributed by atoms with van der Waals surface area (Å²) >= 11 is 1.32. The van der Waals surface area contributed by atoms with Gasteiger partial charge in [0.1, 0.15) is 10.8 Å². The predicted octanol–water partition coefficient (Wildman–Crippen LogP) is 2.76. The van der Waals surface area contributed by atoms with Crippen LogP contribution >= 0.6 is 11.3 Å². The van der Waals surface area contributed by atoms with E-state index < -0.39 is 5.60 Å². The Kier molecular flexibility index (Phi) is 4.08. The number of oxime groups is 1. The van der Waals surface area contributed by atoms with Crippen LogP contribution in [-0.4, -0.2) is 27.4 Å². The van der Waals surface area contributed by atoms with E-state index in [0.717, 1.165) is 11.4 Å². The van der Waals surface area contributed by atoms with Crippen LogP contribution in [0.5, 0.6) is 0 Å². The molecule has 1 N–H and O–H groups in total. The van der Waals surface area contributed by atoms with E-state index in [0.29, 0.717) is 16.4 Å². The minimum atomic E-state index is -1.15. The second-order valence-corrected chi connectivity index (χ2v) is 6.42. The number of benzene rings is 1. The fourth-order valence-corrected chi connectivity index (χ4v) is 2.84. The number of carbonyl (C=O) groups excluding carboxylic acids is 1. The summed E-state index contributed by atoms with van der Waals surface area (Å²) in [5, 5.41) is 15.8. The highest BCUT2D eigenvalue weighted by molar-refractivity contribution is 7.15. The quantitative estimate of drug-likeness (QED) is 0.933. The van der Waals surface area contributed by atoms with Gasteiger partial charge in [-0.05, 0) is 25.5 Å². The third-order valence-corrected chi connectivity index (χ3v) is 4.47. The Morgan fingerprint density at radius 1 is 1.48 bits per heavy atom. The molecule has 1 aliphatic rings. The summed E-state index contributed by atoms with van der Waals surface area (Å²) in [7, 11) is 0. The van der Waals surface area contributed by atoms with Crippen LogP contribution in [0, 0.1) is 5.82 Å².